The Labute approximate surface area is 100 Å². The van der Waals surface area contributed by atoms with E-state index in [0.717, 1.165) is 33.9 Å². The molecule has 3 rings (SSSR count). The van der Waals surface area contributed by atoms with E-state index in [-0.39, 0.29) is 0 Å². The molecule has 2 aromatic carbocycles. The molecule has 0 saturated carbocycles. The van der Waals surface area contributed by atoms with E-state index in [0.29, 0.717) is 0 Å². The van der Waals surface area contributed by atoms with Crippen molar-refractivity contribution in [1.29, 1.82) is 0 Å². The minimum Gasteiger partial charge on any atom is -0.493 e. The molecule has 1 aliphatic heterocycles. The standard InChI is InChI=1S/C15H12O2/c1-10-11-6-3-4-8-13(11)17-15-12(10)7-5-9-14(15)16-2/h3-9H,1H2,2H3. The second kappa shape index (κ2) is 3.67. The van der Waals surface area contributed by atoms with Crippen LogP contribution in [0.2, 0.25) is 0 Å². The van der Waals surface area contributed by atoms with Gasteiger partial charge in [0.25, 0.3) is 0 Å². The fourth-order valence-electron chi connectivity index (χ4n) is 2.08. The van der Waals surface area contributed by atoms with Crippen molar-refractivity contribution in [3.8, 4) is 17.2 Å². The van der Waals surface area contributed by atoms with Gasteiger partial charge in [0.05, 0.1) is 7.11 Å². The number of hydrogen-bond donors (Lipinski definition) is 0. The van der Waals surface area contributed by atoms with Gasteiger partial charge >= 0.3 is 0 Å². The normalized spacial score (nSPS) is 12.4. The highest BCUT2D eigenvalue weighted by Crippen LogP contribution is 2.46. The van der Waals surface area contributed by atoms with E-state index in [9.17, 15) is 0 Å². The zero-order chi connectivity index (χ0) is 11.8. The summed E-state index contributed by atoms with van der Waals surface area (Å²) >= 11 is 0. The maximum atomic E-state index is 5.88. The van der Waals surface area contributed by atoms with Crippen LogP contribution >= 0.6 is 0 Å². The van der Waals surface area contributed by atoms with Crippen LogP contribution in [0.15, 0.2) is 49.0 Å². The van der Waals surface area contributed by atoms with Crippen LogP contribution in [0.4, 0.5) is 0 Å². The summed E-state index contributed by atoms with van der Waals surface area (Å²) in [6, 6.07) is 13.7. The minimum absolute atomic E-state index is 0.734. The first kappa shape index (κ1) is 9.97. The molecule has 0 saturated heterocycles. The molecule has 0 fully saturated rings. The Morgan fingerprint density at radius 2 is 1.76 bits per heavy atom. The molecule has 17 heavy (non-hydrogen) atoms. The van der Waals surface area contributed by atoms with Gasteiger partial charge in [0.15, 0.2) is 11.5 Å². The second-order valence-corrected chi connectivity index (χ2v) is 3.91. The number of rotatable bonds is 1. The summed E-state index contributed by atoms with van der Waals surface area (Å²) in [6.45, 7) is 4.14. The lowest BCUT2D eigenvalue weighted by Crippen LogP contribution is -2.02. The molecule has 0 bridgehead atoms. The fourth-order valence-corrected chi connectivity index (χ4v) is 2.08. The number of ether oxygens (including phenoxy) is 2. The monoisotopic (exact) mass is 224 g/mol. The summed E-state index contributed by atoms with van der Waals surface area (Å²) in [7, 11) is 1.64. The van der Waals surface area contributed by atoms with Crippen LogP contribution in [-0.2, 0) is 0 Å². The van der Waals surface area contributed by atoms with Crippen molar-refractivity contribution in [1.82, 2.24) is 0 Å². The topological polar surface area (TPSA) is 18.5 Å². The van der Waals surface area contributed by atoms with Crippen molar-refractivity contribution in [2.24, 2.45) is 0 Å². The quantitative estimate of drug-likeness (QED) is 0.624. The number of benzene rings is 2. The van der Waals surface area contributed by atoms with Gasteiger partial charge in [-0.1, -0.05) is 36.9 Å². The molecule has 0 aromatic heterocycles. The smallest absolute Gasteiger partial charge is 0.177 e. The van der Waals surface area contributed by atoms with Crippen LogP contribution in [0, 0.1) is 0 Å². The maximum absolute atomic E-state index is 5.88. The van der Waals surface area contributed by atoms with Gasteiger partial charge in [-0.25, -0.2) is 0 Å². The average molecular weight is 224 g/mol. The molecular formula is C15H12O2. The van der Waals surface area contributed by atoms with E-state index in [1.54, 1.807) is 7.11 Å². The van der Waals surface area contributed by atoms with Crippen LogP contribution in [0.1, 0.15) is 11.1 Å². The molecule has 0 atom stereocenters. The molecule has 84 valence electrons. The summed E-state index contributed by atoms with van der Waals surface area (Å²) in [6.07, 6.45) is 0. The highest BCUT2D eigenvalue weighted by Gasteiger charge is 2.22. The van der Waals surface area contributed by atoms with E-state index >= 15 is 0 Å². The van der Waals surface area contributed by atoms with E-state index in [2.05, 4.69) is 6.58 Å². The van der Waals surface area contributed by atoms with Crippen molar-refractivity contribution in [3.05, 3.63) is 60.2 Å². The average Bonchev–Trinajstić information content (AvgIpc) is 2.38. The molecule has 2 nitrogen and oxygen atoms in total. The molecule has 0 aliphatic carbocycles. The molecule has 1 heterocycles. The van der Waals surface area contributed by atoms with Gasteiger partial charge in [0.2, 0.25) is 0 Å². The van der Waals surface area contributed by atoms with E-state index in [1.807, 2.05) is 42.5 Å². The molecule has 2 heteroatoms. The van der Waals surface area contributed by atoms with Crippen molar-refractivity contribution < 1.29 is 9.47 Å². The highest BCUT2D eigenvalue weighted by atomic mass is 16.5. The minimum atomic E-state index is 0.734. The number of hydrogen-bond acceptors (Lipinski definition) is 2. The summed E-state index contributed by atoms with van der Waals surface area (Å²) in [5.74, 6) is 2.31. The van der Waals surface area contributed by atoms with Gasteiger partial charge in [-0.3, -0.25) is 0 Å². The third-order valence-electron chi connectivity index (χ3n) is 2.95. The Morgan fingerprint density at radius 1 is 1.00 bits per heavy atom. The van der Waals surface area contributed by atoms with Crippen molar-refractivity contribution in [2.45, 2.75) is 0 Å². The zero-order valence-corrected chi connectivity index (χ0v) is 9.57. The van der Waals surface area contributed by atoms with Gasteiger partial charge in [-0.05, 0) is 17.7 Å². The third-order valence-corrected chi connectivity index (χ3v) is 2.95. The van der Waals surface area contributed by atoms with E-state index < -0.39 is 0 Å². The Balaban J connectivity index is 2.23. The molecule has 0 amide bonds. The first-order valence-electron chi connectivity index (χ1n) is 5.45. The molecule has 0 N–H and O–H groups in total. The number of para-hydroxylation sites is 2. The van der Waals surface area contributed by atoms with Gasteiger partial charge in [-0.2, -0.15) is 0 Å². The lowest BCUT2D eigenvalue weighted by Gasteiger charge is -2.23. The van der Waals surface area contributed by atoms with Crippen LogP contribution < -0.4 is 9.47 Å². The molecule has 0 spiro atoms. The second-order valence-electron chi connectivity index (χ2n) is 3.91. The Hall–Kier alpha value is -2.22. The largest absolute Gasteiger partial charge is 0.493 e. The Kier molecular flexibility index (Phi) is 2.15. The number of methoxy groups -OCH3 is 1. The van der Waals surface area contributed by atoms with Gasteiger partial charge in [0, 0.05) is 11.1 Å². The van der Waals surface area contributed by atoms with Crippen LogP contribution in [0.3, 0.4) is 0 Å². The first-order valence-corrected chi connectivity index (χ1v) is 5.45. The van der Waals surface area contributed by atoms with Crippen molar-refractivity contribution >= 4 is 5.57 Å². The molecular weight excluding hydrogens is 212 g/mol. The van der Waals surface area contributed by atoms with Gasteiger partial charge in [0.1, 0.15) is 5.75 Å². The summed E-state index contributed by atoms with van der Waals surface area (Å²) in [5.41, 5.74) is 3.00. The summed E-state index contributed by atoms with van der Waals surface area (Å²) in [5, 5.41) is 0. The van der Waals surface area contributed by atoms with Crippen LogP contribution in [0.25, 0.3) is 5.57 Å². The molecule has 1 aliphatic rings. The molecule has 0 radical (unpaired) electrons. The van der Waals surface area contributed by atoms with Gasteiger partial charge < -0.3 is 9.47 Å². The molecule has 0 unspecified atom stereocenters. The van der Waals surface area contributed by atoms with Crippen LogP contribution in [0.5, 0.6) is 17.2 Å². The Morgan fingerprint density at radius 3 is 2.59 bits per heavy atom. The zero-order valence-electron chi connectivity index (χ0n) is 9.57. The first-order chi connectivity index (χ1) is 8.31. The summed E-state index contributed by atoms with van der Waals surface area (Å²) < 4.78 is 11.2. The fraction of sp³-hybridized carbons (Fsp3) is 0.0667. The predicted molar refractivity (Wildman–Crippen MR) is 67.6 cm³/mol. The lowest BCUT2D eigenvalue weighted by atomic mass is 9.95. The predicted octanol–water partition coefficient (Wildman–Crippen LogP) is 3.86. The van der Waals surface area contributed by atoms with Crippen molar-refractivity contribution in [3.63, 3.8) is 0 Å². The maximum Gasteiger partial charge on any atom is 0.177 e. The lowest BCUT2D eigenvalue weighted by molar-refractivity contribution is 0.376. The van der Waals surface area contributed by atoms with Crippen molar-refractivity contribution in [2.75, 3.05) is 7.11 Å². The van der Waals surface area contributed by atoms with E-state index in [4.69, 9.17) is 9.47 Å². The Bertz CT molecular complexity index is 600. The molecule has 2 aromatic rings. The number of fused-ring (bicyclic) bond motifs is 2. The van der Waals surface area contributed by atoms with Crippen LogP contribution in [-0.4, -0.2) is 7.11 Å². The van der Waals surface area contributed by atoms with E-state index in [1.165, 1.54) is 0 Å². The highest BCUT2D eigenvalue weighted by molar-refractivity contribution is 5.87. The summed E-state index contributed by atoms with van der Waals surface area (Å²) in [4.78, 5) is 0. The SMILES string of the molecule is C=C1c2ccccc2Oc2c(OC)cccc21. The van der Waals surface area contributed by atoms with Gasteiger partial charge in [-0.15, -0.1) is 0 Å². The third kappa shape index (κ3) is 1.41.